The summed E-state index contributed by atoms with van der Waals surface area (Å²) < 4.78 is 26.1. The number of aliphatic imine (C=N–C) groups is 1. The summed E-state index contributed by atoms with van der Waals surface area (Å²) in [5.41, 5.74) is 6.69. The van der Waals surface area contributed by atoms with Crippen LogP contribution < -0.4 is 11.1 Å². The second-order valence-electron chi connectivity index (χ2n) is 6.24. The van der Waals surface area contributed by atoms with Gasteiger partial charge in [0.15, 0.2) is 5.96 Å². The first-order valence-electron chi connectivity index (χ1n) is 7.75. The molecule has 3 N–H and O–H groups in total. The Morgan fingerprint density at radius 1 is 1.22 bits per heavy atom. The van der Waals surface area contributed by atoms with Crippen LogP contribution in [0.4, 0.5) is 0 Å². The molecule has 0 aliphatic rings. The topological polar surface area (TPSA) is 87.8 Å². The first kappa shape index (κ1) is 19.4. The van der Waals surface area contributed by atoms with Gasteiger partial charge < -0.3 is 11.1 Å². The summed E-state index contributed by atoms with van der Waals surface area (Å²) in [5.74, 6) is 0.890. The Bertz CT molecular complexity index is 622. The van der Waals surface area contributed by atoms with Crippen molar-refractivity contribution < 1.29 is 8.42 Å². The molecule has 0 aromatic heterocycles. The van der Waals surface area contributed by atoms with Crippen molar-refractivity contribution in [2.75, 3.05) is 13.6 Å². The van der Waals surface area contributed by atoms with Crippen molar-refractivity contribution in [2.45, 2.75) is 45.2 Å². The van der Waals surface area contributed by atoms with E-state index in [1.54, 1.807) is 31.3 Å². The zero-order chi connectivity index (χ0) is 17.6. The monoisotopic (exact) mass is 340 g/mol. The average Bonchev–Trinajstić information content (AvgIpc) is 2.50. The molecule has 0 aliphatic heterocycles. The second-order valence-corrected chi connectivity index (χ2v) is 8.23. The van der Waals surface area contributed by atoms with Crippen molar-refractivity contribution in [1.82, 2.24) is 9.62 Å². The molecule has 0 atom stereocenters. The first-order valence-corrected chi connectivity index (χ1v) is 9.19. The zero-order valence-corrected chi connectivity index (χ0v) is 15.4. The smallest absolute Gasteiger partial charge is 0.243 e. The highest BCUT2D eigenvalue weighted by Gasteiger charge is 2.22. The summed E-state index contributed by atoms with van der Waals surface area (Å²) in [4.78, 5) is 4.53. The van der Waals surface area contributed by atoms with E-state index in [0.29, 0.717) is 18.4 Å². The minimum atomic E-state index is -3.44. The van der Waals surface area contributed by atoms with E-state index in [2.05, 4.69) is 24.2 Å². The van der Waals surface area contributed by atoms with E-state index in [9.17, 15) is 8.42 Å². The van der Waals surface area contributed by atoms with Crippen LogP contribution >= 0.6 is 0 Å². The molecule has 0 heterocycles. The van der Waals surface area contributed by atoms with Crippen LogP contribution in [0.3, 0.4) is 0 Å². The molecule has 0 unspecified atom stereocenters. The standard InChI is InChI=1S/C16H28N4O2S/c1-12(2)10-18-16(17)19-11-14-6-8-15(9-7-14)23(21,22)20(5)13(3)4/h6-9,12-13H,10-11H2,1-5H3,(H3,17,18,19). The SMILES string of the molecule is CC(C)CNC(N)=NCc1ccc(S(=O)(=O)N(C)C(C)C)cc1. The van der Waals surface area contributed by atoms with Crippen molar-refractivity contribution in [2.24, 2.45) is 16.6 Å². The van der Waals surface area contributed by atoms with Gasteiger partial charge >= 0.3 is 0 Å². The van der Waals surface area contributed by atoms with Gasteiger partial charge in [-0.3, -0.25) is 0 Å². The Balaban J connectivity index is 2.76. The van der Waals surface area contributed by atoms with Crippen molar-refractivity contribution in [3.63, 3.8) is 0 Å². The van der Waals surface area contributed by atoms with E-state index in [4.69, 9.17) is 5.73 Å². The Hall–Kier alpha value is -1.60. The molecule has 7 heteroatoms. The molecular weight excluding hydrogens is 312 g/mol. The van der Waals surface area contributed by atoms with Crippen LogP contribution in [-0.4, -0.2) is 38.3 Å². The third kappa shape index (κ3) is 5.84. The molecule has 23 heavy (non-hydrogen) atoms. The Morgan fingerprint density at radius 3 is 2.26 bits per heavy atom. The van der Waals surface area contributed by atoms with Crippen molar-refractivity contribution in [1.29, 1.82) is 0 Å². The molecular formula is C16H28N4O2S. The van der Waals surface area contributed by atoms with Gasteiger partial charge in [0.25, 0.3) is 0 Å². The molecule has 0 aliphatic carbocycles. The summed E-state index contributed by atoms with van der Waals surface area (Å²) in [6.45, 7) is 9.05. The van der Waals surface area contributed by atoms with Gasteiger partial charge in [-0.15, -0.1) is 0 Å². The zero-order valence-electron chi connectivity index (χ0n) is 14.6. The molecule has 1 aromatic carbocycles. The number of nitrogens with zero attached hydrogens (tertiary/aromatic N) is 2. The van der Waals surface area contributed by atoms with E-state index in [0.717, 1.165) is 12.1 Å². The normalized spacial score (nSPS) is 13.1. The molecule has 0 radical (unpaired) electrons. The molecule has 0 saturated carbocycles. The van der Waals surface area contributed by atoms with Gasteiger partial charge in [-0.1, -0.05) is 26.0 Å². The number of guanidine groups is 1. The van der Waals surface area contributed by atoms with Crippen LogP contribution in [0, 0.1) is 5.92 Å². The van der Waals surface area contributed by atoms with Crippen molar-refractivity contribution in [3.05, 3.63) is 29.8 Å². The first-order chi connectivity index (χ1) is 10.6. The van der Waals surface area contributed by atoms with E-state index in [-0.39, 0.29) is 10.9 Å². The molecule has 0 saturated heterocycles. The number of nitrogens with two attached hydrogens (primary N) is 1. The van der Waals surface area contributed by atoms with Crippen LogP contribution in [-0.2, 0) is 16.6 Å². The van der Waals surface area contributed by atoms with Crippen LogP contribution in [0.25, 0.3) is 0 Å². The molecule has 1 aromatic rings. The van der Waals surface area contributed by atoms with Crippen LogP contribution in [0.5, 0.6) is 0 Å². The Morgan fingerprint density at radius 2 is 1.78 bits per heavy atom. The van der Waals surface area contributed by atoms with Gasteiger partial charge in [-0.25, -0.2) is 13.4 Å². The van der Waals surface area contributed by atoms with Gasteiger partial charge in [-0.05, 0) is 37.5 Å². The van der Waals surface area contributed by atoms with Crippen LogP contribution in [0.2, 0.25) is 0 Å². The fourth-order valence-corrected chi connectivity index (χ4v) is 3.12. The summed E-state index contributed by atoms with van der Waals surface area (Å²) in [6, 6.07) is 6.66. The quantitative estimate of drug-likeness (QED) is 0.585. The molecule has 0 amide bonds. The van der Waals surface area contributed by atoms with Crippen molar-refractivity contribution in [3.8, 4) is 0 Å². The predicted octanol–water partition coefficient (Wildman–Crippen LogP) is 1.78. The predicted molar refractivity (Wildman–Crippen MR) is 94.7 cm³/mol. The lowest BCUT2D eigenvalue weighted by atomic mass is 10.2. The highest BCUT2D eigenvalue weighted by atomic mass is 32.2. The fraction of sp³-hybridized carbons (Fsp3) is 0.562. The number of sulfonamides is 1. The number of benzene rings is 1. The number of rotatable bonds is 7. The molecule has 0 fully saturated rings. The highest BCUT2D eigenvalue weighted by molar-refractivity contribution is 7.89. The lowest BCUT2D eigenvalue weighted by molar-refractivity contribution is 0.410. The maximum Gasteiger partial charge on any atom is 0.243 e. The highest BCUT2D eigenvalue weighted by Crippen LogP contribution is 2.17. The van der Waals surface area contributed by atoms with Crippen LogP contribution in [0.15, 0.2) is 34.2 Å². The molecule has 0 bridgehead atoms. The second kappa shape index (κ2) is 8.31. The van der Waals surface area contributed by atoms with Gasteiger partial charge in [0, 0.05) is 19.6 Å². The maximum absolute atomic E-state index is 12.4. The summed E-state index contributed by atoms with van der Waals surface area (Å²) >= 11 is 0. The average molecular weight is 340 g/mol. The summed E-state index contributed by atoms with van der Waals surface area (Å²) in [6.07, 6.45) is 0. The minimum Gasteiger partial charge on any atom is -0.370 e. The van der Waals surface area contributed by atoms with E-state index in [1.807, 2.05) is 13.8 Å². The van der Waals surface area contributed by atoms with E-state index < -0.39 is 10.0 Å². The summed E-state index contributed by atoms with van der Waals surface area (Å²) in [5, 5.41) is 3.04. The third-order valence-electron chi connectivity index (χ3n) is 3.45. The largest absolute Gasteiger partial charge is 0.370 e. The maximum atomic E-state index is 12.4. The molecule has 1 rings (SSSR count). The molecule has 0 spiro atoms. The van der Waals surface area contributed by atoms with Gasteiger partial charge in [0.2, 0.25) is 10.0 Å². The lowest BCUT2D eigenvalue weighted by Gasteiger charge is -2.21. The van der Waals surface area contributed by atoms with E-state index in [1.165, 1.54) is 4.31 Å². The lowest BCUT2D eigenvalue weighted by Crippen LogP contribution is -2.34. The van der Waals surface area contributed by atoms with Gasteiger partial charge in [0.05, 0.1) is 11.4 Å². The van der Waals surface area contributed by atoms with Crippen LogP contribution in [0.1, 0.15) is 33.3 Å². The number of hydrogen-bond donors (Lipinski definition) is 2. The summed E-state index contributed by atoms with van der Waals surface area (Å²) in [7, 11) is -1.86. The molecule has 130 valence electrons. The fourth-order valence-electron chi connectivity index (χ4n) is 1.75. The molecule has 6 nitrogen and oxygen atoms in total. The van der Waals surface area contributed by atoms with Crippen molar-refractivity contribution >= 4 is 16.0 Å². The minimum absolute atomic E-state index is 0.0869. The Labute approximate surface area is 139 Å². The number of hydrogen-bond acceptors (Lipinski definition) is 3. The Kier molecular flexibility index (Phi) is 7.02. The third-order valence-corrected chi connectivity index (χ3v) is 5.50. The number of nitrogens with one attached hydrogen (secondary N) is 1. The van der Waals surface area contributed by atoms with E-state index >= 15 is 0 Å². The van der Waals surface area contributed by atoms with Gasteiger partial charge in [0.1, 0.15) is 0 Å². The van der Waals surface area contributed by atoms with Gasteiger partial charge in [-0.2, -0.15) is 4.31 Å².